The Hall–Kier alpha value is -3.20. The predicted molar refractivity (Wildman–Crippen MR) is 125 cm³/mol. The molecule has 0 aliphatic carbocycles. The van der Waals surface area contributed by atoms with E-state index in [1.807, 2.05) is 33.8 Å². The van der Waals surface area contributed by atoms with Crippen molar-refractivity contribution in [1.82, 2.24) is 10.3 Å². The molecule has 30 heavy (non-hydrogen) atoms. The number of nitrogens with one attached hydrogen (secondary N) is 3. The van der Waals surface area contributed by atoms with Gasteiger partial charge in [0.2, 0.25) is 0 Å². The molecule has 0 saturated heterocycles. The minimum Gasteiger partial charge on any atom is -0.477 e. The van der Waals surface area contributed by atoms with Crippen LogP contribution in [0.4, 0.5) is 16.0 Å². The molecule has 1 aromatic rings. The van der Waals surface area contributed by atoms with Crippen LogP contribution in [0.25, 0.3) is 0 Å². The second kappa shape index (κ2) is 12.4. The lowest BCUT2D eigenvalue weighted by atomic mass is 10.2. The van der Waals surface area contributed by atoms with Gasteiger partial charge in [0.15, 0.2) is 17.5 Å². The van der Waals surface area contributed by atoms with Gasteiger partial charge in [-0.25, -0.2) is 9.37 Å². The molecule has 3 N–H and O–H groups in total. The first-order valence-corrected chi connectivity index (χ1v) is 10.0. The molecule has 1 heterocycles. The van der Waals surface area contributed by atoms with Gasteiger partial charge in [-0.15, -0.1) is 6.42 Å². The van der Waals surface area contributed by atoms with E-state index in [0.717, 1.165) is 17.7 Å². The number of rotatable bonds is 12. The van der Waals surface area contributed by atoms with Crippen LogP contribution in [-0.2, 0) is 4.74 Å². The molecular weight excluding hydrogens is 379 g/mol. The normalized spacial score (nSPS) is 12.7. The molecule has 1 unspecified atom stereocenters. The molecule has 0 spiro atoms. The monoisotopic (exact) mass is 412 g/mol. The van der Waals surface area contributed by atoms with Crippen LogP contribution in [0.2, 0.25) is 0 Å². The molecule has 0 radical (unpaired) electrons. The fraction of sp³-hybridized carbons (Fsp3) is 0.375. The van der Waals surface area contributed by atoms with Crippen LogP contribution in [0.1, 0.15) is 46.6 Å². The average Bonchev–Trinajstić information content (AvgIpc) is 2.66. The Morgan fingerprint density at radius 2 is 2.07 bits per heavy atom. The van der Waals surface area contributed by atoms with E-state index in [-0.39, 0.29) is 18.0 Å². The van der Waals surface area contributed by atoms with Crippen molar-refractivity contribution < 1.29 is 9.13 Å². The topological polar surface area (TPSA) is 58.2 Å². The number of pyridine rings is 1. The second-order valence-corrected chi connectivity index (χ2v) is 7.16. The highest BCUT2D eigenvalue weighted by Crippen LogP contribution is 2.22. The van der Waals surface area contributed by atoms with Gasteiger partial charge in [0.1, 0.15) is 5.82 Å². The molecule has 0 aliphatic rings. The van der Waals surface area contributed by atoms with E-state index < -0.39 is 5.82 Å². The number of terminal acetylenes is 1. The zero-order valence-corrected chi connectivity index (χ0v) is 18.6. The van der Waals surface area contributed by atoms with Crippen molar-refractivity contribution in [1.29, 1.82) is 0 Å². The second-order valence-electron chi connectivity index (χ2n) is 7.16. The zero-order chi connectivity index (χ0) is 22.7. The van der Waals surface area contributed by atoms with Gasteiger partial charge in [0, 0.05) is 18.3 Å². The maximum atomic E-state index is 14.5. The summed E-state index contributed by atoms with van der Waals surface area (Å²) < 4.78 is 20.0. The first-order chi connectivity index (χ1) is 14.2. The highest BCUT2D eigenvalue weighted by molar-refractivity contribution is 5.62. The maximum absolute atomic E-state index is 14.5. The summed E-state index contributed by atoms with van der Waals surface area (Å²) in [5.74, 6) is 2.90. The predicted octanol–water partition coefficient (Wildman–Crippen LogP) is 5.33. The lowest BCUT2D eigenvalue weighted by Gasteiger charge is -2.20. The Bertz CT molecular complexity index is 849. The SMILES string of the molecule is C#Cc1cc(F)c(NCC(C)NC(=C)OC(C)C)nc1N/C(C=C)=C/C(C)=C\CC. The van der Waals surface area contributed by atoms with Gasteiger partial charge in [-0.3, -0.25) is 0 Å². The third-order valence-electron chi connectivity index (χ3n) is 3.88. The summed E-state index contributed by atoms with van der Waals surface area (Å²) in [5.41, 5.74) is 2.12. The molecule has 0 fully saturated rings. The first kappa shape index (κ1) is 24.8. The van der Waals surface area contributed by atoms with Crippen LogP contribution in [-0.4, -0.2) is 23.7 Å². The summed E-state index contributed by atoms with van der Waals surface area (Å²) in [4.78, 5) is 4.35. The molecule has 1 aromatic heterocycles. The van der Waals surface area contributed by atoms with Gasteiger partial charge in [-0.05, 0) is 58.9 Å². The minimum absolute atomic E-state index is 0.0251. The molecule has 0 aromatic carbocycles. The standard InChI is InChI=1S/C24H33FN4O/c1-9-12-17(6)13-21(11-3)28-23-20(10-2)14-22(25)24(29-23)26-15-18(7)27-19(8)30-16(4)5/h2,11-14,16,18,27H,3,8-9,15H2,1,4-7H3,(H2,26,28,29)/b17-12-,21-13+. The van der Waals surface area contributed by atoms with Crippen LogP contribution in [0, 0.1) is 18.2 Å². The molecule has 0 amide bonds. The Labute approximate surface area is 180 Å². The van der Waals surface area contributed by atoms with Gasteiger partial charge in [0.25, 0.3) is 0 Å². The molecular formula is C24H33FN4O. The largest absolute Gasteiger partial charge is 0.477 e. The maximum Gasteiger partial charge on any atom is 0.179 e. The van der Waals surface area contributed by atoms with Crippen LogP contribution in [0.5, 0.6) is 0 Å². The molecule has 5 nitrogen and oxygen atoms in total. The van der Waals surface area contributed by atoms with Crippen molar-refractivity contribution in [3.63, 3.8) is 0 Å². The Balaban J connectivity index is 2.98. The van der Waals surface area contributed by atoms with E-state index in [0.29, 0.717) is 23.8 Å². The van der Waals surface area contributed by atoms with Crippen molar-refractivity contribution in [2.45, 2.75) is 53.2 Å². The number of nitrogens with zero attached hydrogens (tertiary/aromatic N) is 1. The van der Waals surface area contributed by atoms with E-state index >= 15 is 0 Å². The average molecular weight is 413 g/mol. The highest BCUT2D eigenvalue weighted by Gasteiger charge is 2.13. The third kappa shape index (κ3) is 8.44. The fourth-order valence-corrected chi connectivity index (χ4v) is 2.62. The van der Waals surface area contributed by atoms with Gasteiger partial charge >= 0.3 is 0 Å². The number of hydrogen-bond acceptors (Lipinski definition) is 5. The molecule has 0 saturated carbocycles. The van der Waals surface area contributed by atoms with E-state index in [9.17, 15) is 4.39 Å². The van der Waals surface area contributed by atoms with Gasteiger partial charge in [-0.1, -0.05) is 31.1 Å². The number of allylic oxidation sites excluding steroid dienone is 4. The molecule has 1 rings (SSSR count). The first-order valence-electron chi connectivity index (χ1n) is 10.0. The number of halogens is 1. The van der Waals surface area contributed by atoms with Crippen LogP contribution >= 0.6 is 0 Å². The van der Waals surface area contributed by atoms with Gasteiger partial charge in [-0.2, -0.15) is 0 Å². The van der Waals surface area contributed by atoms with Crippen molar-refractivity contribution in [2.24, 2.45) is 0 Å². The van der Waals surface area contributed by atoms with Crippen molar-refractivity contribution in [2.75, 3.05) is 17.2 Å². The van der Waals surface area contributed by atoms with Crippen molar-refractivity contribution in [3.8, 4) is 12.3 Å². The Morgan fingerprint density at radius 3 is 2.63 bits per heavy atom. The van der Waals surface area contributed by atoms with Crippen LogP contribution < -0.4 is 16.0 Å². The fourth-order valence-electron chi connectivity index (χ4n) is 2.62. The Kier molecular flexibility index (Phi) is 10.3. The molecule has 0 aliphatic heterocycles. The van der Waals surface area contributed by atoms with Gasteiger partial charge in [0.05, 0.1) is 11.7 Å². The third-order valence-corrected chi connectivity index (χ3v) is 3.88. The zero-order valence-electron chi connectivity index (χ0n) is 18.6. The van der Waals surface area contributed by atoms with Crippen LogP contribution in [0.15, 0.2) is 54.6 Å². The van der Waals surface area contributed by atoms with Gasteiger partial charge < -0.3 is 20.7 Å². The quantitative estimate of drug-likeness (QED) is 0.246. The van der Waals surface area contributed by atoms with E-state index in [1.165, 1.54) is 6.07 Å². The van der Waals surface area contributed by atoms with Crippen molar-refractivity contribution in [3.05, 3.63) is 66.0 Å². The number of hydrogen-bond donors (Lipinski definition) is 3. The summed E-state index contributed by atoms with van der Waals surface area (Å²) >= 11 is 0. The van der Waals surface area contributed by atoms with E-state index in [2.05, 4.69) is 53.0 Å². The van der Waals surface area contributed by atoms with Crippen molar-refractivity contribution >= 4 is 11.6 Å². The summed E-state index contributed by atoms with van der Waals surface area (Å²) in [6.45, 7) is 17.9. The minimum atomic E-state index is -0.524. The van der Waals surface area contributed by atoms with Crippen LogP contribution in [0.3, 0.4) is 0 Å². The summed E-state index contributed by atoms with van der Waals surface area (Å²) in [5, 5.41) is 9.25. The Morgan fingerprint density at radius 1 is 1.37 bits per heavy atom. The van der Waals surface area contributed by atoms with E-state index in [1.54, 1.807) is 6.08 Å². The lowest BCUT2D eigenvalue weighted by Crippen LogP contribution is -2.33. The number of ether oxygens (including phenoxy) is 1. The molecule has 0 bridgehead atoms. The number of anilines is 2. The summed E-state index contributed by atoms with van der Waals surface area (Å²) in [7, 11) is 0. The highest BCUT2D eigenvalue weighted by atomic mass is 19.1. The van der Waals surface area contributed by atoms with E-state index in [4.69, 9.17) is 11.2 Å². The molecule has 6 heteroatoms. The summed E-state index contributed by atoms with van der Waals surface area (Å²) in [6.07, 6.45) is 12.2. The lowest BCUT2D eigenvalue weighted by molar-refractivity contribution is 0.128. The molecule has 1 atom stereocenters. The summed E-state index contributed by atoms with van der Waals surface area (Å²) in [6, 6.07) is 1.22. The number of aromatic nitrogens is 1. The molecule has 162 valence electrons. The smallest absolute Gasteiger partial charge is 0.179 e.